The van der Waals surface area contributed by atoms with Crippen LogP contribution in [0.3, 0.4) is 0 Å². The van der Waals surface area contributed by atoms with Crippen molar-refractivity contribution in [3.05, 3.63) is 83.9 Å². The van der Waals surface area contributed by atoms with Crippen molar-refractivity contribution in [3.8, 4) is 11.5 Å². The molecule has 0 radical (unpaired) electrons. The SMILES string of the molecule is COc1ccc(CCN2CCCC[C@H]2CN2c3ccccc3COc3ccccc32)cc1.Cl. The van der Waals surface area contributed by atoms with Crippen LogP contribution < -0.4 is 14.4 Å². The van der Waals surface area contributed by atoms with Crippen LogP contribution in [0.25, 0.3) is 0 Å². The zero-order valence-electron chi connectivity index (χ0n) is 19.3. The first kappa shape index (κ1) is 23.5. The third-order valence-electron chi connectivity index (χ3n) is 6.81. The number of anilines is 2. The smallest absolute Gasteiger partial charge is 0.143 e. The van der Waals surface area contributed by atoms with Crippen LogP contribution in [-0.4, -0.2) is 37.7 Å². The first-order chi connectivity index (χ1) is 15.8. The number of halogens is 1. The van der Waals surface area contributed by atoms with E-state index in [4.69, 9.17) is 9.47 Å². The third-order valence-corrected chi connectivity index (χ3v) is 6.81. The fraction of sp³-hybridized carbons (Fsp3) is 0.357. The van der Waals surface area contributed by atoms with Crippen molar-refractivity contribution in [3.63, 3.8) is 0 Å². The second-order valence-electron chi connectivity index (χ2n) is 8.78. The van der Waals surface area contributed by atoms with Gasteiger partial charge < -0.3 is 14.4 Å². The van der Waals surface area contributed by atoms with E-state index in [-0.39, 0.29) is 12.4 Å². The molecular weight excluding hydrogens is 432 g/mol. The van der Waals surface area contributed by atoms with Crippen molar-refractivity contribution >= 4 is 23.8 Å². The normalized spacial score (nSPS) is 17.7. The molecule has 33 heavy (non-hydrogen) atoms. The lowest BCUT2D eigenvalue weighted by Crippen LogP contribution is -2.46. The number of likely N-dealkylation sites (tertiary alicyclic amines) is 1. The number of nitrogens with zero attached hydrogens (tertiary/aromatic N) is 2. The maximum atomic E-state index is 6.18. The molecule has 0 amide bonds. The van der Waals surface area contributed by atoms with E-state index in [9.17, 15) is 0 Å². The van der Waals surface area contributed by atoms with E-state index in [0.29, 0.717) is 12.6 Å². The summed E-state index contributed by atoms with van der Waals surface area (Å²) in [7, 11) is 1.72. The average Bonchev–Trinajstić information content (AvgIpc) is 3.01. The quantitative estimate of drug-likeness (QED) is 0.430. The van der Waals surface area contributed by atoms with Crippen LogP contribution >= 0.6 is 12.4 Å². The molecule has 2 aliphatic rings. The molecule has 0 aromatic heterocycles. The lowest BCUT2D eigenvalue weighted by atomic mass is 9.99. The Kier molecular flexibility index (Phi) is 7.79. The van der Waals surface area contributed by atoms with Gasteiger partial charge in [0.15, 0.2) is 0 Å². The summed E-state index contributed by atoms with van der Waals surface area (Å²) in [6.07, 6.45) is 4.90. The number of rotatable bonds is 6. The molecule has 1 atom stereocenters. The Labute approximate surface area is 203 Å². The van der Waals surface area contributed by atoms with Crippen LogP contribution in [-0.2, 0) is 13.0 Å². The number of piperidine rings is 1. The van der Waals surface area contributed by atoms with Gasteiger partial charge in [0.1, 0.15) is 18.1 Å². The van der Waals surface area contributed by atoms with Crippen LogP contribution in [0.5, 0.6) is 11.5 Å². The Morgan fingerprint density at radius 2 is 1.67 bits per heavy atom. The molecule has 0 spiro atoms. The number of methoxy groups -OCH3 is 1. The lowest BCUT2D eigenvalue weighted by molar-refractivity contribution is 0.154. The minimum atomic E-state index is 0. The molecule has 3 aromatic carbocycles. The summed E-state index contributed by atoms with van der Waals surface area (Å²) in [5, 5.41) is 0. The topological polar surface area (TPSA) is 24.9 Å². The van der Waals surface area contributed by atoms with E-state index >= 15 is 0 Å². The van der Waals surface area contributed by atoms with Crippen molar-refractivity contribution in [1.29, 1.82) is 0 Å². The minimum absolute atomic E-state index is 0. The molecule has 4 nitrogen and oxygen atoms in total. The Morgan fingerprint density at radius 1 is 0.909 bits per heavy atom. The average molecular weight is 465 g/mol. The molecule has 2 heterocycles. The van der Waals surface area contributed by atoms with Gasteiger partial charge in [0.2, 0.25) is 0 Å². The highest BCUT2D eigenvalue weighted by atomic mass is 35.5. The molecule has 1 fully saturated rings. The van der Waals surface area contributed by atoms with E-state index in [1.807, 2.05) is 0 Å². The maximum Gasteiger partial charge on any atom is 0.143 e. The molecule has 5 rings (SSSR count). The van der Waals surface area contributed by atoms with E-state index in [1.54, 1.807) is 7.11 Å². The second-order valence-corrected chi connectivity index (χ2v) is 8.78. The predicted molar refractivity (Wildman–Crippen MR) is 137 cm³/mol. The number of para-hydroxylation sites is 3. The molecule has 0 saturated carbocycles. The van der Waals surface area contributed by atoms with Gasteiger partial charge in [-0.25, -0.2) is 0 Å². The van der Waals surface area contributed by atoms with Crippen LogP contribution in [0.1, 0.15) is 30.4 Å². The highest BCUT2D eigenvalue weighted by Crippen LogP contribution is 2.40. The van der Waals surface area contributed by atoms with Gasteiger partial charge in [0.05, 0.1) is 12.8 Å². The molecule has 5 heteroatoms. The van der Waals surface area contributed by atoms with Crippen molar-refractivity contribution in [2.75, 3.05) is 31.6 Å². The first-order valence-electron chi connectivity index (χ1n) is 11.8. The van der Waals surface area contributed by atoms with Crippen LogP contribution in [0.4, 0.5) is 11.4 Å². The lowest BCUT2D eigenvalue weighted by Gasteiger charge is -2.39. The Bertz CT molecular complexity index is 993. The monoisotopic (exact) mass is 464 g/mol. The van der Waals surface area contributed by atoms with Gasteiger partial charge >= 0.3 is 0 Å². The van der Waals surface area contributed by atoms with Crippen LogP contribution in [0.2, 0.25) is 0 Å². The molecule has 0 aliphatic carbocycles. The van der Waals surface area contributed by atoms with Gasteiger partial charge in [0, 0.05) is 30.4 Å². The summed E-state index contributed by atoms with van der Waals surface area (Å²) in [6.45, 7) is 3.87. The maximum absolute atomic E-state index is 6.18. The van der Waals surface area contributed by atoms with Gasteiger partial charge in [0.25, 0.3) is 0 Å². The molecule has 0 N–H and O–H groups in total. The van der Waals surface area contributed by atoms with E-state index in [1.165, 1.54) is 48.3 Å². The van der Waals surface area contributed by atoms with E-state index < -0.39 is 0 Å². The Hall–Kier alpha value is -2.69. The molecule has 0 bridgehead atoms. The summed E-state index contributed by atoms with van der Waals surface area (Å²) in [5.74, 6) is 1.90. The number of hydrogen-bond donors (Lipinski definition) is 0. The first-order valence-corrected chi connectivity index (χ1v) is 11.8. The summed E-state index contributed by atoms with van der Waals surface area (Å²) in [4.78, 5) is 5.19. The molecule has 174 valence electrons. The fourth-order valence-electron chi connectivity index (χ4n) is 5.02. The number of ether oxygens (including phenoxy) is 2. The van der Waals surface area contributed by atoms with Gasteiger partial charge in [-0.05, 0) is 61.7 Å². The van der Waals surface area contributed by atoms with Gasteiger partial charge in [-0.3, -0.25) is 4.90 Å². The Balaban J connectivity index is 0.00000259. The van der Waals surface area contributed by atoms with Crippen molar-refractivity contribution in [1.82, 2.24) is 4.90 Å². The molecule has 3 aromatic rings. The number of fused-ring (bicyclic) bond motifs is 2. The van der Waals surface area contributed by atoms with E-state index in [0.717, 1.165) is 31.0 Å². The van der Waals surface area contributed by atoms with Gasteiger partial charge in [-0.1, -0.05) is 48.9 Å². The number of benzene rings is 3. The van der Waals surface area contributed by atoms with Gasteiger partial charge in [-0.15, -0.1) is 12.4 Å². The zero-order chi connectivity index (χ0) is 21.8. The molecule has 2 aliphatic heterocycles. The highest BCUT2D eigenvalue weighted by molar-refractivity contribution is 5.85. The van der Waals surface area contributed by atoms with Crippen molar-refractivity contribution < 1.29 is 9.47 Å². The van der Waals surface area contributed by atoms with Crippen LogP contribution in [0, 0.1) is 0 Å². The van der Waals surface area contributed by atoms with Crippen molar-refractivity contribution in [2.45, 2.75) is 38.3 Å². The molecule has 1 saturated heterocycles. The zero-order valence-corrected chi connectivity index (χ0v) is 20.1. The molecular formula is C28H33ClN2O2. The summed E-state index contributed by atoms with van der Waals surface area (Å²) in [5.41, 5.74) is 5.08. The summed E-state index contributed by atoms with van der Waals surface area (Å²) < 4.78 is 11.5. The standard InChI is InChI=1S/C28H32N2O2.ClH/c1-31-25-15-13-22(14-16-25)17-19-29-18-7-6-9-24(29)20-30-26-10-3-2-8-23(26)21-32-28-12-5-4-11-27(28)30;/h2-5,8,10-16,24H,6-7,9,17-21H2,1H3;1H/t24-;/m0./s1. The van der Waals surface area contributed by atoms with Gasteiger partial charge in [-0.2, -0.15) is 0 Å². The predicted octanol–water partition coefficient (Wildman–Crippen LogP) is 6.24. The highest BCUT2D eigenvalue weighted by Gasteiger charge is 2.28. The second kappa shape index (κ2) is 11.0. The third kappa shape index (κ3) is 5.29. The largest absolute Gasteiger partial charge is 0.497 e. The summed E-state index contributed by atoms with van der Waals surface area (Å²) in [6, 6.07) is 26.2. The van der Waals surface area contributed by atoms with Crippen molar-refractivity contribution in [2.24, 2.45) is 0 Å². The minimum Gasteiger partial charge on any atom is -0.497 e. The Morgan fingerprint density at radius 3 is 2.48 bits per heavy atom. The fourth-order valence-corrected chi connectivity index (χ4v) is 5.02. The number of hydrogen-bond acceptors (Lipinski definition) is 4. The molecule has 0 unspecified atom stereocenters. The van der Waals surface area contributed by atoms with Crippen LogP contribution in [0.15, 0.2) is 72.8 Å². The summed E-state index contributed by atoms with van der Waals surface area (Å²) >= 11 is 0. The van der Waals surface area contributed by atoms with E-state index in [2.05, 4.69) is 82.6 Å².